The average molecular weight is 359 g/mol. The smallest absolute Gasteiger partial charge is 0.104 e. The highest BCUT2D eigenvalue weighted by molar-refractivity contribution is 5.21. The molecular weight excluding hydrogens is 328 g/mol. The van der Waals surface area contributed by atoms with Crippen LogP contribution in [0.2, 0.25) is 0 Å². The Morgan fingerprint density at radius 2 is 1.33 bits per heavy atom. The van der Waals surface area contributed by atoms with Gasteiger partial charge < -0.3 is 10.2 Å². The molecule has 4 rings (SSSR count). The van der Waals surface area contributed by atoms with Gasteiger partial charge in [-0.3, -0.25) is 0 Å². The summed E-state index contributed by atoms with van der Waals surface area (Å²) in [4.78, 5) is 1.71. The Kier molecular flexibility index (Phi) is 5.98. The molecule has 0 amide bonds. The van der Waals surface area contributed by atoms with Crippen LogP contribution in [0.5, 0.6) is 0 Å². The molecule has 1 heterocycles. The Hall–Kier alpha value is -2.42. The Bertz CT molecular complexity index is 802. The van der Waals surface area contributed by atoms with Gasteiger partial charge in [-0.1, -0.05) is 91.0 Å². The topological polar surface area (TPSA) is 21.1 Å². The van der Waals surface area contributed by atoms with Gasteiger partial charge in [-0.2, -0.15) is 0 Å². The highest BCUT2D eigenvalue weighted by Crippen LogP contribution is 2.20. The van der Waals surface area contributed by atoms with E-state index in [9.17, 15) is 0 Å². The lowest BCUT2D eigenvalue weighted by Gasteiger charge is -2.35. The fraction of sp³-hybridized carbons (Fsp3) is 0.280. The summed E-state index contributed by atoms with van der Waals surface area (Å²) in [5, 5.41) is 2.58. The molecule has 0 aromatic heterocycles. The van der Waals surface area contributed by atoms with E-state index in [4.69, 9.17) is 0 Å². The van der Waals surface area contributed by atoms with Crippen LogP contribution in [-0.2, 0) is 13.1 Å². The second kappa shape index (κ2) is 8.98. The quantitative estimate of drug-likeness (QED) is 0.675. The van der Waals surface area contributed by atoms with E-state index in [1.165, 1.54) is 36.2 Å². The predicted molar refractivity (Wildman–Crippen MR) is 111 cm³/mol. The van der Waals surface area contributed by atoms with Crippen molar-refractivity contribution in [1.82, 2.24) is 0 Å². The van der Waals surface area contributed by atoms with E-state index >= 15 is 0 Å². The third-order valence-electron chi connectivity index (χ3n) is 5.88. The Morgan fingerprint density at radius 1 is 0.741 bits per heavy atom. The molecular formula is C25H30N2+2. The highest BCUT2D eigenvalue weighted by atomic mass is 15.1. The molecule has 2 nitrogen and oxygen atoms in total. The molecule has 2 heteroatoms. The maximum Gasteiger partial charge on any atom is 0.104 e. The van der Waals surface area contributed by atoms with Gasteiger partial charge in [0.05, 0.1) is 19.0 Å². The molecule has 1 saturated heterocycles. The summed E-state index contributed by atoms with van der Waals surface area (Å²) in [5.41, 5.74) is 4.37. The van der Waals surface area contributed by atoms with Crippen molar-refractivity contribution in [3.05, 3.63) is 108 Å². The summed E-state index contributed by atoms with van der Waals surface area (Å²) in [7, 11) is 0. The highest BCUT2D eigenvalue weighted by Gasteiger charge is 2.35. The number of piperidine rings is 1. The zero-order chi connectivity index (χ0) is 18.3. The molecule has 0 spiro atoms. The molecule has 3 atom stereocenters. The zero-order valence-electron chi connectivity index (χ0n) is 15.9. The molecule has 3 N–H and O–H groups in total. The van der Waals surface area contributed by atoms with Gasteiger partial charge in [0, 0.05) is 17.5 Å². The fourth-order valence-electron chi connectivity index (χ4n) is 4.43. The molecule has 3 aromatic carbocycles. The first-order valence-electron chi connectivity index (χ1n) is 10.2. The lowest BCUT2D eigenvalue weighted by atomic mass is 9.85. The number of hydrogen-bond donors (Lipinski definition) is 2. The van der Waals surface area contributed by atoms with Crippen LogP contribution >= 0.6 is 0 Å². The maximum atomic E-state index is 2.58. The van der Waals surface area contributed by atoms with Gasteiger partial charge in [-0.25, -0.2) is 0 Å². The Balaban J connectivity index is 1.46. The van der Waals surface area contributed by atoms with Gasteiger partial charge in [0.15, 0.2) is 0 Å². The van der Waals surface area contributed by atoms with Crippen LogP contribution in [0.4, 0.5) is 0 Å². The van der Waals surface area contributed by atoms with E-state index in [0.29, 0.717) is 12.0 Å². The number of likely N-dealkylation sites (tertiary alicyclic amines) is 1. The van der Waals surface area contributed by atoms with Crippen LogP contribution in [0.15, 0.2) is 91.0 Å². The predicted octanol–water partition coefficient (Wildman–Crippen LogP) is 2.39. The van der Waals surface area contributed by atoms with Gasteiger partial charge in [0.1, 0.15) is 19.1 Å². The lowest BCUT2D eigenvalue weighted by Crippen LogP contribution is -3.14. The van der Waals surface area contributed by atoms with Crippen molar-refractivity contribution >= 4 is 0 Å². The van der Waals surface area contributed by atoms with Crippen molar-refractivity contribution in [2.24, 2.45) is 0 Å². The molecule has 0 aliphatic carbocycles. The Morgan fingerprint density at radius 3 is 2.00 bits per heavy atom. The van der Waals surface area contributed by atoms with Crippen LogP contribution in [0.25, 0.3) is 0 Å². The molecule has 1 aliphatic rings. The van der Waals surface area contributed by atoms with E-state index in [1.807, 2.05) is 0 Å². The molecule has 138 valence electrons. The van der Waals surface area contributed by atoms with Crippen molar-refractivity contribution in [2.75, 3.05) is 13.1 Å². The second-order valence-electron chi connectivity index (χ2n) is 7.76. The summed E-state index contributed by atoms with van der Waals surface area (Å²) in [6, 6.07) is 33.6. The van der Waals surface area contributed by atoms with E-state index < -0.39 is 0 Å². The van der Waals surface area contributed by atoms with Crippen molar-refractivity contribution in [2.45, 2.75) is 31.5 Å². The molecule has 0 bridgehead atoms. The Labute approximate surface area is 162 Å². The van der Waals surface area contributed by atoms with Gasteiger partial charge >= 0.3 is 0 Å². The third-order valence-corrected chi connectivity index (χ3v) is 5.88. The number of benzene rings is 3. The summed E-state index contributed by atoms with van der Waals surface area (Å²) < 4.78 is 0. The first-order valence-corrected chi connectivity index (χ1v) is 10.2. The molecule has 3 aromatic rings. The molecule has 1 fully saturated rings. The maximum absolute atomic E-state index is 2.58. The largest absolute Gasteiger partial charge is 0.339 e. The van der Waals surface area contributed by atoms with Crippen LogP contribution < -0.4 is 10.2 Å². The molecule has 0 radical (unpaired) electrons. The molecule has 1 aliphatic heterocycles. The number of nitrogens with one attached hydrogen (secondary N) is 1. The summed E-state index contributed by atoms with van der Waals surface area (Å²) in [6.07, 6.45) is 1.27. The lowest BCUT2D eigenvalue weighted by molar-refractivity contribution is -0.928. The van der Waals surface area contributed by atoms with Crippen molar-refractivity contribution < 1.29 is 10.2 Å². The summed E-state index contributed by atoms with van der Waals surface area (Å²) in [6.45, 7) is 4.68. The van der Waals surface area contributed by atoms with Gasteiger partial charge in [0.2, 0.25) is 0 Å². The summed E-state index contributed by atoms with van der Waals surface area (Å²) in [5.74, 6) is 0.613. The van der Waals surface area contributed by atoms with Gasteiger partial charge in [-0.15, -0.1) is 0 Å². The SMILES string of the molecule is c1ccc(C[NH2+][C@@H]2CC[NH+](Cc3ccccc3)C[C@H]2c2ccccc2)cc1. The minimum absolute atomic E-state index is 0.613. The number of quaternary nitrogens is 2. The standard InChI is InChI=1S/C25H28N2/c1-4-10-21(11-5-1)18-26-25-16-17-27(19-22-12-6-2-7-13-22)20-24(25)23-14-8-3-9-15-23/h1-15,24-26H,16-20H2/p+2/t24-,25+/m0/s1. The monoisotopic (exact) mass is 358 g/mol. The summed E-state index contributed by atoms with van der Waals surface area (Å²) >= 11 is 0. The van der Waals surface area contributed by atoms with Gasteiger partial charge in [0.25, 0.3) is 0 Å². The second-order valence-corrected chi connectivity index (χ2v) is 7.76. The minimum Gasteiger partial charge on any atom is -0.339 e. The minimum atomic E-state index is 0.613. The number of rotatable bonds is 6. The van der Waals surface area contributed by atoms with E-state index in [0.717, 1.165) is 13.1 Å². The molecule has 27 heavy (non-hydrogen) atoms. The molecule has 1 unspecified atom stereocenters. The van der Waals surface area contributed by atoms with E-state index in [2.05, 4.69) is 96.3 Å². The van der Waals surface area contributed by atoms with Crippen LogP contribution in [0.1, 0.15) is 29.0 Å². The zero-order valence-corrected chi connectivity index (χ0v) is 15.9. The molecule has 0 saturated carbocycles. The van der Waals surface area contributed by atoms with E-state index in [-0.39, 0.29) is 0 Å². The number of nitrogens with two attached hydrogens (primary N) is 1. The van der Waals surface area contributed by atoms with Crippen LogP contribution in [-0.4, -0.2) is 19.1 Å². The first kappa shape index (κ1) is 18.0. The van der Waals surface area contributed by atoms with Crippen molar-refractivity contribution in [1.29, 1.82) is 0 Å². The fourth-order valence-corrected chi connectivity index (χ4v) is 4.43. The van der Waals surface area contributed by atoms with Crippen LogP contribution in [0.3, 0.4) is 0 Å². The van der Waals surface area contributed by atoms with Crippen molar-refractivity contribution in [3.8, 4) is 0 Å². The normalized spacial score (nSPS) is 22.4. The first-order chi connectivity index (χ1) is 13.4. The number of hydrogen-bond acceptors (Lipinski definition) is 0. The van der Waals surface area contributed by atoms with E-state index in [1.54, 1.807) is 4.90 Å². The van der Waals surface area contributed by atoms with Crippen molar-refractivity contribution in [3.63, 3.8) is 0 Å². The average Bonchev–Trinajstić information content (AvgIpc) is 2.75. The van der Waals surface area contributed by atoms with Crippen LogP contribution in [0, 0.1) is 0 Å². The van der Waals surface area contributed by atoms with Gasteiger partial charge in [-0.05, 0) is 5.56 Å². The third kappa shape index (κ3) is 4.85.